The van der Waals surface area contributed by atoms with E-state index < -0.39 is 29.0 Å². The second-order valence-corrected chi connectivity index (χ2v) is 6.40. The highest BCUT2D eigenvalue weighted by molar-refractivity contribution is 14.1. The largest absolute Gasteiger partial charge is 0.506 e. The molecule has 0 aromatic heterocycles. The van der Waals surface area contributed by atoms with E-state index in [0.717, 1.165) is 18.2 Å². The number of hydrogen-bond donors (Lipinski definition) is 3. The molecule has 0 fully saturated rings. The molecule has 8 heteroatoms. The Morgan fingerprint density at radius 2 is 1.79 bits per heavy atom. The molecule has 4 nitrogen and oxygen atoms in total. The number of carbonyl (C=O) groups is 1. The Morgan fingerprint density at radius 1 is 1.17 bits per heavy atom. The van der Waals surface area contributed by atoms with Gasteiger partial charge in [0.2, 0.25) is 0 Å². The third kappa shape index (κ3) is 3.64. The minimum atomic E-state index is -4.90. The van der Waals surface area contributed by atoms with Crippen LogP contribution in [0.2, 0.25) is 0 Å². The first-order valence-corrected chi connectivity index (χ1v) is 7.80. The molecule has 0 aliphatic heterocycles. The zero-order chi connectivity index (χ0) is 18.1. The molecule has 24 heavy (non-hydrogen) atoms. The van der Waals surface area contributed by atoms with Crippen molar-refractivity contribution in [2.24, 2.45) is 0 Å². The van der Waals surface area contributed by atoms with Crippen LogP contribution in [0.1, 0.15) is 22.8 Å². The maximum Gasteiger partial charge on any atom is 0.421 e. The van der Waals surface area contributed by atoms with Crippen molar-refractivity contribution in [2.45, 2.75) is 18.7 Å². The molecule has 2 rings (SSSR count). The van der Waals surface area contributed by atoms with E-state index in [1.54, 1.807) is 24.3 Å². The summed E-state index contributed by atoms with van der Waals surface area (Å²) in [5.74, 6) is -1.08. The lowest BCUT2D eigenvalue weighted by Crippen LogP contribution is -2.39. The van der Waals surface area contributed by atoms with E-state index in [1.165, 1.54) is 0 Å². The Labute approximate surface area is 149 Å². The van der Waals surface area contributed by atoms with Gasteiger partial charge in [-0.05, 0) is 59.3 Å². The van der Waals surface area contributed by atoms with Gasteiger partial charge in [0, 0.05) is 3.57 Å². The first-order valence-electron chi connectivity index (χ1n) is 6.72. The molecule has 3 N–H and O–H groups in total. The van der Waals surface area contributed by atoms with Crippen molar-refractivity contribution in [1.82, 2.24) is 0 Å². The van der Waals surface area contributed by atoms with Gasteiger partial charge in [-0.2, -0.15) is 13.2 Å². The smallest absolute Gasteiger partial charge is 0.421 e. The molecule has 0 aliphatic rings. The number of amides is 1. The number of nitrogens with one attached hydrogen (secondary N) is 1. The Kier molecular flexibility index (Phi) is 5.09. The summed E-state index contributed by atoms with van der Waals surface area (Å²) in [5.41, 5.74) is -3.33. The van der Waals surface area contributed by atoms with E-state index in [-0.39, 0.29) is 5.69 Å². The van der Waals surface area contributed by atoms with Crippen molar-refractivity contribution in [1.29, 1.82) is 0 Å². The summed E-state index contributed by atoms with van der Waals surface area (Å²) in [6.07, 6.45) is -4.90. The van der Waals surface area contributed by atoms with Gasteiger partial charge in [-0.3, -0.25) is 4.79 Å². The van der Waals surface area contributed by atoms with Crippen LogP contribution in [-0.4, -0.2) is 22.3 Å². The number of aliphatic hydroxyl groups is 1. The zero-order valence-electron chi connectivity index (χ0n) is 12.4. The topological polar surface area (TPSA) is 69.6 Å². The van der Waals surface area contributed by atoms with Gasteiger partial charge in [-0.15, -0.1) is 0 Å². The fraction of sp³-hybridized carbons (Fsp3) is 0.188. The zero-order valence-corrected chi connectivity index (χ0v) is 14.5. The number of halogens is 4. The van der Waals surface area contributed by atoms with Crippen LogP contribution in [0.25, 0.3) is 0 Å². The van der Waals surface area contributed by atoms with Crippen LogP contribution in [0.3, 0.4) is 0 Å². The predicted octanol–water partition coefficient (Wildman–Crippen LogP) is 4.02. The maximum atomic E-state index is 12.8. The lowest BCUT2D eigenvalue weighted by molar-refractivity contribution is -0.258. The number of aromatic hydroxyl groups is 1. The third-order valence-electron chi connectivity index (χ3n) is 3.48. The number of alkyl halides is 3. The molecular formula is C16H13F3INO3. The minimum absolute atomic E-state index is 0.0543. The number of phenolic OH excluding ortho intramolecular Hbond substituents is 1. The molecule has 2 aromatic carbocycles. The maximum absolute atomic E-state index is 12.8. The van der Waals surface area contributed by atoms with E-state index >= 15 is 0 Å². The van der Waals surface area contributed by atoms with Gasteiger partial charge in [0.05, 0.1) is 11.3 Å². The standard InChI is InChI=1S/C16H13F3INO3/c1-15(24,16(17,18)19)9-6-7-12(13(22)8-9)21-14(23)10-4-2-3-5-11(10)20/h2-8,22,24H,1H3,(H,21,23). The highest BCUT2D eigenvalue weighted by Gasteiger charge is 2.51. The Balaban J connectivity index is 2.28. The van der Waals surface area contributed by atoms with Crippen molar-refractivity contribution >= 4 is 34.2 Å². The second-order valence-electron chi connectivity index (χ2n) is 5.24. The fourth-order valence-corrected chi connectivity index (χ4v) is 2.57. The van der Waals surface area contributed by atoms with Gasteiger partial charge in [-0.1, -0.05) is 18.2 Å². The quantitative estimate of drug-likeness (QED) is 0.488. The molecule has 1 atom stereocenters. The number of anilines is 1. The van der Waals surface area contributed by atoms with Gasteiger partial charge in [0.25, 0.3) is 5.91 Å². The molecule has 128 valence electrons. The SMILES string of the molecule is CC(O)(c1ccc(NC(=O)c2ccccc2I)c(O)c1)C(F)(F)F. The van der Waals surface area contributed by atoms with Gasteiger partial charge in [0.1, 0.15) is 5.75 Å². The van der Waals surface area contributed by atoms with Gasteiger partial charge in [0.15, 0.2) is 5.60 Å². The Bertz CT molecular complexity index is 775. The predicted molar refractivity (Wildman–Crippen MR) is 90.8 cm³/mol. The number of phenols is 1. The average molecular weight is 451 g/mol. The second kappa shape index (κ2) is 6.60. The molecule has 0 saturated carbocycles. The van der Waals surface area contributed by atoms with Crippen LogP contribution in [0.4, 0.5) is 18.9 Å². The monoisotopic (exact) mass is 451 g/mol. The van der Waals surface area contributed by atoms with Crippen LogP contribution >= 0.6 is 22.6 Å². The van der Waals surface area contributed by atoms with Gasteiger partial charge in [-0.25, -0.2) is 0 Å². The summed E-state index contributed by atoms with van der Waals surface area (Å²) >= 11 is 1.97. The normalized spacial score (nSPS) is 14.1. The lowest BCUT2D eigenvalue weighted by Gasteiger charge is -2.27. The Morgan fingerprint density at radius 3 is 2.33 bits per heavy atom. The number of carbonyl (C=O) groups excluding carboxylic acids is 1. The van der Waals surface area contributed by atoms with E-state index in [4.69, 9.17) is 0 Å². The summed E-state index contributed by atoms with van der Waals surface area (Å²) in [5, 5.41) is 21.9. The van der Waals surface area contributed by atoms with Crippen LogP contribution in [0, 0.1) is 3.57 Å². The number of hydrogen-bond acceptors (Lipinski definition) is 3. The number of rotatable bonds is 3. The highest BCUT2D eigenvalue weighted by Crippen LogP contribution is 2.40. The summed E-state index contributed by atoms with van der Waals surface area (Å²) in [6, 6.07) is 9.61. The molecule has 2 aromatic rings. The van der Waals surface area contributed by atoms with E-state index in [0.29, 0.717) is 16.1 Å². The summed E-state index contributed by atoms with van der Waals surface area (Å²) in [7, 11) is 0. The minimum Gasteiger partial charge on any atom is -0.506 e. The lowest BCUT2D eigenvalue weighted by atomic mass is 9.95. The van der Waals surface area contributed by atoms with E-state index in [1.807, 2.05) is 22.6 Å². The van der Waals surface area contributed by atoms with Crippen molar-refractivity contribution in [3.8, 4) is 5.75 Å². The molecular weight excluding hydrogens is 438 g/mol. The van der Waals surface area contributed by atoms with Crippen LogP contribution in [0.5, 0.6) is 5.75 Å². The average Bonchev–Trinajstić information content (AvgIpc) is 2.48. The van der Waals surface area contributed by atoms with Crippen molar-refractivity contribution in [3.05, 3.63) is 57.2 Å². The van der Waals surface area contributed by atoms with E-state index in [9.17, 15) is 28.2 Å². The van der Waals surface area contributed by atoms with Crippen LogP contribution in [-0.2, 0) is 5.60 Å². The van der Waals surface area contributed by atoms with Gasteiger partial charge < -0.3 is 15.5 Å². The van der Waals surface area contributed by atoms with Crippen molar-refractivity contribution < 1.29 is 28.2 Å². The fourth-order valence-electron chi connectivity index (χ4n) is 1.94. The molecule has 1 unspecified atom stereocenters. The summed E-state index contributed by atoms with van der Waals surface area (Å²) < 4.78 is 39.2. The molecule has 0 bridgehead atoms. The third-order valence-corrected chi connectivity index (χ3v) is 4.42. The van der Waals surface area contributed by atoms with Gasteiger partial charge >= 0.3 is 6.18 Å². The number of benzene rings is 2. The van der Waals surface area contributed by atoms with E-state index in [2.05, 4.69) is 5.32 Å². The molecule has 1 amide bonds. The molecule has 0 aliphatic carbocycles. The summed E-state index contributed by atoms with van der Waals surface area (Å²) in [6.45, 7) is 0.590. The molecule has 0 saturated heterocycles. The first-order chi connectivity index (χ1) is 11.0. The molecule has 0 radical (unpaired) electrons. The summed E-state index contributed by atoms with van der Waals surface area (Å²) in [4.78, 5) is 12.2. The highest BCUT2D eigenvalue weighted by atomic mass is 127. The van der Waals surface area contributed by atoms with Crippen LogP contribution in [0.15, 0.2) is 42.5 Å². The first kappa shape index (κ1) is 18.5. The molecule has 0 heterocycles. The molecule has 0 spiro atoms. The van der Waals surface area contributed by atoms with Crippen molar-refractivity contribution in [3.63, 3.8) is 0 Å². The van der Waals surface area contributed by atoms with Crippen LogP contribution < -0.4 is 5.32 Å². The Hall–Kier alpha value is -1.81. The van der Waals surface area contributed by atoms with Crippen molar-refractivity contribution in [2.75, 3.05) is 5.32 Å².